The number of thiophene rings is 1. The molecular formula is C12H12N4O2S2. The number of imidazole rings is 1. The normalized spacial score (nSPS) is 11.1. The number of aliphatic hydroxyl groups is 1. The molecule has 104 valence electrons. The Bertz CT molecular complexity index is 690. The summed E-state index contributed by atoms with van der Waals surface area (Å²) in [6.07, 6.45) is 1.66. The van der Waals surface area contributed by atoms with E-state index in [1.165, 1.54) is 11.8 Å². The van der Waals surface area contributed by atoms with Crippen LogP contribution in [0.5, 0.6) is 0 Å². The van der Waals surface area contributed by atoms with Crippen LogP contribution >= 0.6 is 23.1 Å². The average molecular weight is 308 g/mol. The van der Waals surface area contributed by atoms with E-state index in [1.807, 2.05) is 29.1 Å². The minimum absolute atomic E-state index is 0.0207. The number of thioether (sulfide) groups is 1. The first-order valence-corrected chi connectivity index (χ1v) is 7.75. The van der Waals surface area contributed by atoms with Gasteiger partial charge in [0.05, 0.1) is 29.1 Å². The molecule has 8 heteroatoms. The van der Waals surface area contributed by atoms with Crippen molar-refractivity contribution in [3.05, 3.63) is 35.3 Å². The van der Waals surface area contributed by atoms with Crippen LogP contribution in [0.25, 0.3) is 10.8 Å². The van der Waals surface area contributed by atoms with Crippen molar-refractivity contribution >= 4 is 23.1 Å². The van der Waals surface area contributed by atoms with Gasteiger partial charge in [-0.3, -0.25) is 0 Å². The molecule has 0 fully saturated rings. The van der Waals surface area contributed by atoms with Crippen molar-refractivity contribution in [2.45, 2.75) is 17.5 Å². The molecule has 20 heavy (non-hydrogen) atoms. The Kier molecular flexibility index (Phi) is 3.86. The summed E-state index contributed by atoms with van der Waals surface area (Å²) in [5.41, 5.74) is 0.775. The first kappa shape index (κ1) is 13.3. The lowest BCUT2D eigenvalue weighted by molar-refractivity contribution is 0.271. The predicted octanol–water partition coefficient (Wildman–Crippen LogP) is 2.32. The van der Waals surface area contributed by atoms with Gasteiger partial charge < -0.3 is 14.1 Å². The number of hydrogen-bond acceptors (Lipinski definition) is 7. The van der Waals surface area contributed by atoms with Crippen molar-refractivity contribution in [2.24, 2.45) is 7.05 Å². The summed E-state index contributed by atoms with van der Waals surface area (Å²) in [4.78, 5) is 5.20. The van der Waals surface area contributed by atoms with Gasteiger partial charge >= 0.3 is 0 Å². The molecule has 0 aliphatic heterocycles. The monoisotopic (exact) mass is 308 g/mol. The lowest BCUT2D eigenvalue weighted by Crippen LogP contribution is -1.97. The van der Waals surface area contributed by atoms with Crippen LogP contribution in [0.4, 0.5) is 0 Å². The summed E-state index contributed by atoms with van der Waals surface area (Å²) < 4.78 is 7.45. The molecule has 3 aromatic heterocycles. The van der Waals surface area contributed by atoms with Gasteiger partial charge in [-0.1, -0.05) is 17.8 Å². The number of aromatic nitrogens is 4. The molecular weight excluding hydrogens is 296 g/mol. The van der Waals surface area contributed by atoms with Gasteiger partial charge in [0.2, 0.25) is 5.89 Å². The highest BCUT2D eigenvalue weighted by atomic mass is 32.2. The molecule has 1 N–H and O–H groups in total. The number of nitrogens with zero attached hydrogens (tertiary/aromatic N) is 4. The molecule has 0 radical (unpaired) electrons. The van der Waals surface area contributed by atoms with Crippen molar-refractivity contribution in [1.82, 2.24) is 19.7 Å². The molecule has 0 unspecified atom stereocenters. The maximum absolute atomic E-state index is 9.12. The van der Waals surface area contributed by atoms with Crippen LogP contribution in [0.3, 0.4) is 0 Å². The third kappa shape index (κ3) is 2.62. The quantitative estimate of drug-likeness (QED) is 0.729. The van der Waals surface area contributed by atoms with Crippen LogP contribution in [-0.4, -0.2) is 24.9 Å². The van der Waals surface area contributed by atoms with Crippen molar-refractivity contribution in [1.29, 1.82) is 0 Å². The van der Waals surface area contributed by atoms with Crippen molar-refractivity contribution in [3.8, 4) is 10.8 Å². The molecule has 0 amide bonds. The van der Waals surface area contributed by atoms with E-state index in [4.69, 9.17) is 9.52 Å². The number of hydrogen-bond donors (Lipinski definition) is 1. The lowest BCUT2D eigenvalue weighted by atomic mass is 10.5. The maximum Gasteiger partial charge on any atom is 0.257 e. The van der Waals surface area contributed by atoms with Crippen molar-refractivity contribution in [3.63, 3.8) is 0 Å². The molecule has 0 aliphatic carbocycles. The second kappa shape index (κ2) is 5.78. The summed E-state index contributed by atoms with van der Waals surface area (Å²) >= 11 is 3.06. The van der Waals surface area contributed by atoms with Crippen molar-refractivity contribution in [2.75, 3.05) is 0 Å². The van der Waals surface area contributed by atoms with E-state index in [9.17, 15) is 0 Å². The summed E-state index contributed by atoms with van der Waals surface area (Å²) in [5.74, 6) is 1.66. The largest absolute Gasteiger partial charge is 0.419 e. The molecule has 0 saturated carbocycles. The Hall–Kier alpha value is -1.64. The molecule has 0 saturated heterocycles. The van der Waals surface area contributed by atoms with E-state index in [-0.39, 0.29) is 6.61 Å². The minimum Gasteiger partial charge on any atom is -0.419 e. The van der Waals surface area contributed by atoms with Gasteiger partial charge in [0.15, 0.2) is 5.16 Å². The second-order valence-electron chi connectivity index (χ2n) is 4.02. The molecule has 3 heterocycles. The molecule has 0 aromatic carbocycles. The van der Waals surface area contributed by atoms with Crippen LogP contribution in [0.1, 0.15) is 11.6 Å². The highest BCUT2D eigenvalue weighted by Crippen LogP contribution is 2.26. The van der Waals surface area contributed by atoms with Crippen LogP contribution in [0.15, 0.2) is 33.3 Å². The number of rotatable bonds is 5. The SMILES string of the molecule is Cn1c(CO)cnc1SCc1nnc(-c2cccs2)o1. The van der Waals surface area contributed by atoms with Gasteiger partial charge in [0, 0.05) is 7.05 Å². The Morgan fingerprint density at radius 1 is 1.45 bits per heavy atom. The maximum atomic E-state index is 9.12. The Morgan fingerprint density at radius 3 is 3.05 bits per heavy atom. The Labute approximate surface area is 123 Å². The van der Waals surface area contributed by atoms with Crippen LogP contribution in [0.2, 0.25) is 0 Å². The zero-order chi connectivity index (χ0) is 13.9. The fraction of sp³-hybridized carbons (Fsp3) is 0.250. The summed E-state index contributed by atoms with van der Waals surface area (Å²) in [5, 5.41) is 20.0. The zero-order valence-corrected chi connectivity index (χ0v) is 12.3. The van der Waals surface area contributed by atoms with Crippen LogP contribution < -0.4 is 0 Å². The van der Waals surface area contributed by atoms with Gasteiger partial charge in [-0.25, -0.2) is 4.98 Å². The summed E-state index contributed by atoms with van der Waals surface area (Å²) in [6.45, 7) is -0.0207. The topological polar surface area (TPSA) is 77.0 Å². The standard InChI is InChI=1S/C12H12N4O2S2/c1-16-8(6-17)5-13-12(16)20-7-10-14-15-11(18-10)9-3-2-4-19-9/h2-5,17H,6-7H2,1H3. The van der Waals surface area contributed by atoms with E-state index in [1.54, 1.807) is 17.5 Å². The smallest absolute Gasteiger partial charge is 0.257 e. The Balaban J connectivity index is 1.68. The molecule has 3 aromatic rings. The first-order valence-electron chi connectivity index (χ1n) is 5.88. The molecule has 0 spiro atoms. The molecule has 6 nitrogen and oxygen atoms in total. The third-order valence-electron chi connectivity index (χ3n) is 2.73. The summed E-state index contributed by atoms with van der Waals surface area (Å²) in [7, 11) is 1.87. The van der Waals surface area contributed by atoms with Crippen LogP contribution in [-0.2, 0) is 19.4 Å². The van der Waals surface area contributed by atoms with Gasteiger partial charge in [-0.05, 0) is 11.4 Å². The highest BCUT2D eigenvalue weighted by molar-refractivity contribution is 7.98. The van der Waals surface area contributed by atoms with E-state index in [0.717, 1.165) is 15.7 Å². The highest BCUT2D eigenvalue weighted by Gasteiger charge is 2.12. The summed E-state index contributed by atoms with van der Waals surface area (Å²) in [6, 6.07) is 3.89. The predicted molar refractivity (Wildman–Crippen MR) is 76.3 cm³/mol. The molecule has 3 rings (SSSR count). The van der Waals surface area contributed by atoms with E-state index in [2.05, 4.69) is 15.2 Å². The number of aliphatic hydroxyl groups excluding tert-OH is 1. The van der Waals surface area contributed by atoms with Gasteiger partial charge in [-0.2, -0.15) is 0 Å². The minimum atomic E-state index is -0.0207. The van der Waals surface area contributed by atoms with Crippen LogP contribution in [0, 0.1) is 0 Å². The van der Waals surface area contributed by atoms with E-state index in [0.29, 0.717) is 17.5 Å². The third-order valence-corrected chi connectivity index (χ3v) is 4.61. The van der Waals surface area contributed by atoms with E-state index >= 15 is 0 Å². The second-order valence-corrected chi connectivity index (χ2v) is 5.91. The lowest BCUT2D eigenvalue weighted by Gasteiger charge is -2.01. The van der Waals surface area contributed by atoms with E-state index < -0.39 is 0 Å². The van der Waals surface area contributed by atoms with Crippen molar-refractivity contribution < 1.29 is 9.52 Å². The fourth-order valence-corrected chi connectivity index (χ4v) is 3.10. The van der Waals surface area contributed by atoms with Gasteiger partial charge in [-0.15, -0.1) is 21.5 Å². The Morgan fingerprint density at radius 2 is 2.35 bits per heavy atom. The first-order chi connectivity index (χ1) is 9.78. The van der Waals surface area contributed by atoms with Gasteiger partial charge in [0.25, 0.3) is 5.89 Å². The molecule has 0 bridgehead atoms. The molecule has 0 atom stereocenters. The zero-order valence-electron chi connectivity index (χ0n) is 10.7. The van der Waals surface area contributed by atoms with Gasteiger partial charge in [0.1, 0.15) is 0 Å². The fourth-order valence-electron chi connectivity index (χ4n) is 1.64. The average Bonchev–Trinajstić information content (AvgIpc) is 3.17. The molecule has 0 aliphatic rings.